The molecule has 4 heteroatoms. The molecule has 0 aliphatic carbocycles. The first-order valence-electron chi connectivity index (χ1n) is 10.8. The SMILES string of the molecule is CCCCCCCCSc1cc(C=O)c(SCCCCCCCC)cc1Br. The molecule has 154 valence electrons. The molecule has 1 aromatic rings. The van der Waals surface area contributed by atoms with Crippen LogP contribution in [0, 0.1) is 0 Å². The summed E-state index contributed by atoms with van der Waals surface area (Å²) in [6.07, 6.45) is 16.9. The number of thioether (sulfide) groups is 2. The van der Waals surface area contributed by atoms with E-state index in [-0.39, 0.29) is 0 Å². The molecule has 0 amide bonds. The fourth-order valence-corrected chi connectivity index (χ4v) is 5.86. The summed E-state index contributed by atoms with van der Waals surface area (Å²) in [4.78, 5) is 13.9. The number of halogens is 1. The molecular formula is C23H37BrOS2. The van der Waals surface area contributed by atoms with Crippen molar-refractivity contribution in [3.63, 3.8) is 0 Å². The van der Waals surface area contributed by atoms with Crippen LogP contribution in [0.4, 0.5) is 0 Å². The molecule has 0 atom stereocenters. The predicted octanol–water partition coefficient (Wildman–Crippen LogP) is 9.17. The van der Waals surface area contributed by atoms with Crippen molar-refractivity contribution in [3.05, 3.63) is 22.2 Å². The molecule has 0 saturated heterocycles. The molecule has 0 bridgehead atoms. The highest BCUT2D eigenvalue weighted by Crippen LogP contribution is 2.35. The minimum atomic E-state index is 0.847. The summed E-state index contributed by atoms with van der Waals surface area (Å²) < 4.78 is 1.13. The molecule has 1 rings (SSSR count). The van der Waals surface area contributed by atoms with Gasteiger partial charge in [0.2, 0.25) is 0 Å². The number of carbonyl (C=O) groups is 1. The standard InChI is InChI=1S/C23H37BrOS2/c1-3-5-7-9-11-13-15-26-22-18-21(24)23(17-20(22)19-25)27-16-14-12-10-8-6-4-2/h17-19H,3-16H2,1-2H3. The van der Waals surface area contributed by atoms with Crippen molar-refractivity contribution in [2.45, 2.75) is 101 Å². The van der Waals surface area contributed by atoms with Crippen LogP contribution in [0.1, 0.15) is 101 Å². The van der Waals surface area contributed by atoms with Crippen molar-refractivity contribution in [2.24, 2.45) is 0 Å². The summed E-state index contributed by atoms with van der Waals surface area (Å²) in [6.45, 7) is 4.51. The Balaban J connectivity index is 2.37. The van der Waals surface area contributed by atoms with E-state index in [1.807, 2.05) is 23.5 Å². The fraction of sp³-hybridized carbons (Fsp3) is 0.696. The largest absolute Gasteiger partial charge is 0.298 e. The molecule has 0 aromatic heterocycles. The van der Waals surface area contributed by atoms with Gasteiger partial charge in [0.1, 0.15) is 0 Å². The van der Waals surface area contributed by atoms with Crippen molar-refractivity contribution < 1.29 is 4.79 Å². The zero-order chi connectivity index (χ0) is 19.7. The van der Waals surface area contributed by atoms with Gasteiger partial charge in [-0.3, -0.25) is 4.79 Å². The quantitative estimate of drug-likeness (QED) is 0.128. The smallest absolute Gasteiger partial charge is 0.151 e. The zero-order valence-corrected chi connectivity index (χ0v) is 20.5. The average Bonchev–Trinajstić information content (AvgIpc) is 2.67. The highest BCUT2D eigenvalue weighted by molar-refractivity contribution is 9.10. The van der Waals surface area contributed by atoms with E-state index in [1.54, 1.807) is 0 Å². The third kappa shape index (κ3) is 11.6. The maximum Gasteiger partial charge on any atom is 0.151 e. The average molecular weight is 474 g/mol. The molecule has 0 fully saturated rings. The monoisotopic (exact) mass is 472 g/mol. The molecule has 0 saturated carbocycles. The number of rotatable bonds is 17. The molecule has 0 N–H and O–H groups in total. The van der Waals surface area contributed by atoms with Gasteiger partial charge in [0, 0.05) is 19.8 Å². The van der Waals surface area contributed by atoms with Gasteiger partial charge >= 0.3 is 0 Å². The highest BCUT2D eigenvalue weighted by atomic mass is 79.9. The van der Waals surface area contributed by atoms with Gasteiger partial charge in [-0.2, -0.15) is 0 Å². The van der Waals surface area contributed by atoms with Gasteiger partial charge in [-0.15, -0.1) is 23.5 Å². The van der Waals surface area contributed by atoms with Gasteiger partial charge in [0.15, 0.2) is 6.29 Å². The van der Waals surface area contributed by atoms with Crippen LogP contribution in [-0.4, -0.2) is 17.8 Å². The molecule has 0 aliphatic rings. The van der Waals surface area contributed by atoms with E-state index in [1.165, 1.54) is 81.9 Å². The van der Waals surface area contributed by atoms with Gasteiger partial charge in [0.05, 0.1) is 0 Å². The number of benzene rings is 1. The van der Waals surface area contributed by atoms with Gasteiger partial charge in [-0.05, 0) is 52.4 Å². The number of aldehydes is 1. The highest BCUT2D eigenvalue weighted by Gasteiger charge is 2.09. The van der Waals surface area contributed by atoms with E-state index in [9.17, 15) is 4.79 Å². The number of hydrogen-bond donors (Lipinski definition) is 0. The lowest BCUT2D eigenvalue weighted by atomic mass is 10.1. The van der Waals surface area contributed by atoms with Crippen molar-refractivity contribution in [2.75, 3.05) is 11.5 Å². The van der Waals surface area contributed by atoms with E-state index < -0.39 is 0 Å². The Hall–Kier alpha value is 0.0700. The first kappa shape index (κ1) is 25.1. The first-order chi connectivity index (χ1) is 13.2. The summed E-state index contributed by atoms with van der Waals surface area (Å²) in [5.41, 5.74) is 0.847. The second-order valence-electron chi connectivity index (χ2n) is 7.17. The van der Waals surface area contributed by atoms with Crippen molar-refractivity contribution in [1.82, 2.24) is 0 Å². The summed E-state index contributed by atoms with van der Waals surface area (Å²) in [5, 5.41) is 0. The summed E-state index contributed by atoms with van der Waals surface area (Å²) in [7, 11) is 0. The topological polar surface area (TPSA) is 17.1 Å². The van der Waals surface area contributed by atoms with E-state index in [2.05, 4.69) is 41.9 Å². The Morgan fingerprint density at radius 3 is 1.74 bits per heavy atom. The molecule has 0 radical (unpaired) electrons. The summed E-state index contributed by atoms with van der Waals surface area (Å²) in [6, 6.07) is 4.22. The third-order valence-electron chi connectivity index (χ3n) is 4.70. The Morgan fingerprint density at radius 2 is 1.22 bits per heavy atom. The van der Waals surface area contributed by atoms with E-state index >= 15 is 0 Å². The van der Waals surface area contributed by atoms with Crippen LogP contribution in [-0.2, 0) is 0 Å². The Kier molecular flexibility index (Phi) is 15.8. The lowest BCUT2D eigenvalue weighted by Gasteiger charge is -2.10. The van der Waals surface area contributed by atoms with Gasteiger partial charge < -0.3 is 0 Å². The van der Waals surface area contributed by atoms with Crippen LogP contribution in [0.3, 0.4) is 0 Å². The van der Waals surface area contributed by atoms with E-state index in [0.717, 1.165) is 32.7 Å². The Labute approximate surface area is 184 Å². The molecule has 0 unspecified atom stereocenters. The second kappa shape index (κ2) is 17.0. The van der Waals surface area contributed by atoms with Gasteiger partial charge in [0.25, 0.3) is 0 Å². The number of hydrogen-bond acceptors (Lipinski definition) is 3. The molecule has 1 nitrogen and oxygen atoms in total. The van der Waals surface area contributed by atoms with Crippen LogP contribution in [0.5, 0.6) is 0 Å². The zero-order valence-electron chi connectivity index (χ0n) is 17.2. The minimum absolute atomic E-state index is 0.847. The molecule has 0 aliphatic heterocycles. The van der Waals surface area contributed by atoms with Crippen LogP contribution in [0.15, 0.2) is 26.4 Å². The van der Waals surface area contributed by atoms with Crippen LogP contribution >= 0.6 is 39.5 Å². The van der Waals surface area contributed by atoms with Crippen molar-refractivity contribution in [3.8, 4) is 0 Å². The number of unbranched alkanes of at least 4 members (excludes halogenated alkanes) is 10. The van der Waals surface area contributed by atoms with Gasteiger partial charge in [-0.25, -0.2) is 0 Å². The Morgan fingerprint density at radius 1 is 0.741 bits per heavy atom. The van der Waals surface area contributed by atoms with Gasteiger partial charge in [-0.1, -0.05) is 78.1 Å². The van der Waals surface area contributed by atoms with Crippen LogP contribution < -0.4 is 0 Å². The molecule has 1 aromatic carbocycles. The predicted molar refractivity (Wildman–Crippen MR) is 128 cm³/mol. The van der Waals surface area contributed by atoms with Crippen molar-refractivity contribution in [1.29, 1.82) is 0 Å². The lowest BCUT2D eigenvalue weighted by Crippen LogP contribution is -1.91. The third-order valence-corrected chi connectivity index (χ3v) is 7.92. The summed E-state index contributed by atoms with van der Waals surface area (Å²) >= 11 is 7.42. The molecule has 27 heavy (non-hydrogen) atoms. The fourth-order valence-electron chi connectivity index (χ4n) is 3.01. The first-order valence-corrected chi connectivity index (χ1v) is 13.5. The van der Waals surface area contributed by atoms with Crippen LogP contribution in [0.25, 0.3) is 0 Å². The normalized spacial score (nSPS) is 11.1. The van der Waals surface area contributed by atoms with Crippen molar-refractivity contribution >= 4 is 45.7 Å². The summed E-state index contributed by atoms with van der Waals surface area (Å²) in [5.74, 6) is 2.23. The van der Waals surface area contributed by atoms with Crippen LogP contribution in [0.2, 0.25) is 0 Å². The second-order valence-corrected chi connectivity index (χ2v) is 10.3. The maximum atomic E-state index is 11.5. The Bertz CT molecular complexity index is 519. The van der Waals surface area contributed by atoms with E-state index in [4.69, 9.17) is 0 Å². The molecule has 0 spiro atoms. The molecular weight excluding hydrogens is 436 g/mol. The maximum absolute atomic E-state index is 11.5. The lowest BCUT2D eigenvalue weighted by molar-refractivity contribution is 0.112. The number of carbonyl (C=O) groups excluding carboxylic acids is 1. The molecule has 0 heterocycles. The van der Waals surface area contributed by atoms with E-state index in [0.29, 0.717) is 0 Å². The minimum Gasteiger partial charge on any atom is -0.298 e.